The molecule has 2 N–H and O–H groups in total. The van der Waals surface area contributed by atoms with Crippen LogP contribution in [0.2, 0.25) is 10.0 Å². The number of benzene rings is 1. The highest BCUT2D eigenvalue weighted by atomic mass is 35.5. The van der Waals surface area contributed by atoms with Crippen molar-refractivity contribution < 1.29 is 4.79 Å². The third-order valence-electron chi connectivity index (χ3n) is 3.19. The Morgan fingerprint density at radius 1 is 1.38 bits per heavy atom. The van der Waals surface area contributed by atoms with Gasteiger partial charge in [-0.15, -0.1) is 0 Å². The lowest BCUT2D eigenvalue weighted by molar-refractivity contribution is 0.0941. The number of aromatic amines is 1. The molecule has 0 unspecified atom stereocenters. The number of rotatable bonds is 3. The molecule has 1 aromatic carbocycles. The molecule has 21 heavy (non-hydrogen) atoms. The molecule has 3 aromatic rings. The van der Waals surface area contributed by atoms with E-state index in [4.69, 9.17) is 23.2 Å². The van der Waals surface area contributed by atoms with Gasteiger partial charge >= 0.3 is 0 Å². The maximum Gasteiger partial charge on any atom is 0.271 e. The molecule has 0 saturated heterocycles. The van der Waals surface area contributed by atoms with Gasteiger partial charge in [-0.3, -0.25) is 9.48 Å². The van der Waals surface area contributed by atoms with Gasteiger partial charge in [-0.05, 0) is 24.3 Å². The first-order valence-electron chi connectivity index (χ1n) is 6.27. The van der Waals surface area contributed by atoms with E-state index < -0.39 is 0 Å². The summed E-state index contributed by atoms with van der Waals surface area (Å²) in [6, 6.07) is 7.54. The van der Waals surface area contributed by atoms with Gasteiger partial charge in [-0.1, -0.05) is 23.2 Å². The zero-order valence-electron chi connectivity index (χ0n) is 11.2. The van der Waals surface area contributed by atoms with Crippen LogP contribution in [-0.4, -0.2) is 20.7 Å². The van der Waals surface area contributed by atoms with Crippen LogP contribution in [-0.2, 0) is 13.6 Å². The maximum atomic E-state index is 12.1. The first kappa shape index (κ1) is 14.0. The maximum absolute atomic E-state index is 12.1. The molecule has 0 atom stereocenters. The van der Waals surface area contributed by atoms with Gasteiger partial charge < -0.3 is 10.3 Å². The average Bonchev–Trinajstić information content (AvgIpc) is 2.99. The van der Waals surface area contributed by atoms with Crippen LogP contribution in [0.3, 0.4) is 0 Å². The molecule has 3 rings (SSSR count). The van der Waals surface area contributed by atoms with Crippen LogP contribution >= 0.6 is 23.2 Å². The van der Waals surface area contributed by atoms with Crippen LogP contribution < -0.4 is 5.32 Å². The van der Waals surface area contributed by atoms with E-state index in [0.717, 1.165) is 16.6 Å². The number of aromatic nitrogens is 3. The minimum absolute atomic E-state index is 0.267. The van der Waals surface area contributed by atoms with Gasteiger partial charge in [0, 0.05) is 28.7 Å². The normalized spacial score (nSPS) is 11.0. The summed E-state index contributed by atoms with van der Waals surface area (Å²) in [4.78, 5) is 15.3. The zero-order chi connectivity index (χ0) is 15.0. The van der Waals surface area contributed by atoms with E-state index in [-0.39, 0.29) is 5.91 Å². The predicted molar refractivity (Wildman–Crippen MR) is 82.7 cm³/mol. The third kappa shape index (κ3) is 2.75. The topological polar surface area (TPSA) is 62.7 Å². The highest BCUT2D eigenvalue weighted by Gasteiger charge is 2.15. The molecule has 0 aliphatic rings. The van der Waals surface area contributed by atoms with Gasteiger partial charge in [0.2, 0.25) is 0 Å². The smallest absolute Gasteiger partial charge is 0.271 e. The number of fused-ring (bicyclic) bond motifs is 1. The number of nitrogens with one attached hydrogen (secondary N) is 2. The number of H-pyrrole nitrogens is 1. The molecule has 0 fully saturated rings. The third-order valence-corrected chi connectivity index (χ3v) is 3.70. The van der Waals surface area contributed by atoms with Gasteiger partial charge in [-0.25, -0.2) is 0 Å². The van der Waals surface area contributed by atoms with Crippen molar-refractivity contribution in [1.82, 2.24) is 20.1 Å². The fourth-order valence-electron chi connectivity index (χ4n) is 2.18. The summed E-state index contributed by atoms with van der Waals surface area (Å²) in [5.74, 6) is -0.267. The van der Waals surface area contributed by atoms with E-state index >= 15 is 0 Å². The number of carbonyl (C=O) groups is 1. The van der Waals surface area contributed by atoms with Gasteiger partial charge in [0.15, 0.2) is 0 Å². The van der Waals surface area contributed by atoms with E-state index in [1.54, 1.807) is 7.05 Å². The molecule has 0 radical (unpaired) electrons. The first-order chi connectivity index (χ1) is 10.0. The van der Waals surface area contributed by atoms with Crippen LogP contribution in [0.15, 0.2) is 30.5 Å². The summed E-state index contributed by atoms with van der Waals surface area (Å²) in [7, 11) is 1.67. The van der Waals surface area contributed by atoms with Crippen molar-refractivity contribution in [1.29, 1.82) is 0 Å². The summed E-state index contributed by atoms with van der Waals surface area (Å²) in [5.41, 5.74) is 2.21. The second-order valence-corrected chi connectivity index (χ2v) is 5.52. The van der Waals surface area contributed by atoms with Crippen LogP contribution in [0.25, 0.3) is 10.9 Å². The van der Waals surface area contributed by atoms with E-state index in [9.17, 15) is 4.79 Å². The molecular weight excluding hydrogens is 311 g/mol. The number of hydrogen-bond acceptors (Lipinski definition) is 2. The number of aryl methyl sites for hydroxylation is 1. The number of halogens is 2. The molecule has 1 amide bonds. The standard InChI is InChI=1S/C14H12Cl2N4O/c1-20-13(11(16)7-18-20)14(21)17-6-10-5-8-4-9(15)2-3-12(8)19-10/h2-5,7,19H,6H2,1H3,(H,17,21). The van der Waals surface area contributed by atoms with E-state index in [1.165, 1.54) is 10.9 Å². The predicted octanol–water partition coefficient (Wildman–Crippen LogP) is 3.14. The van der Waals surface area contributed by atoms with Crippen molar-refractivity contribution >= 4 is 40.0 Å². The second-order valence-electron chi connectivity index (χ2n) is 4.67. The highest BCUT2D eigenvalue weighted by molar-refractivity contribution is 6.33. The molecule has 0 saturated carbocycles. The summed E-state index contributed by atoms with van der Waals surface area (Å²) in [6.07, 6.45) is 1.45. The Morgan fingerprint density at radius 3 is 2.90 bits per heavy atom. The average molecular weight is 323 g/mol. The van der Waals surface area contributed by atoms with Crippen molar-refractivity contribution in [3.05, 3.63) is 51.9 Å². The van der Waals surface area contributed by atoms with Crippen LogP contribution in [0.1, 0.15) is 16.2 Å². The summed E-state index contributed by atoms with van der Waals surface area (Å²) < 4.78 is 1.45. The van der Waals surface area contributed by atoms with Crippen molar-refractivity contribution in [2.75, 3.05) is 0 Å². The van der Waals surface area contributed by atoms with E-state index in [2.05, 4.69) is 15.4 Å². The van der Waals surface area contributed by atoms with Crippen molar-refractivity contribution in [3.8, 4) is 0 Å². The van der Waals surface area contributed by atoms with Gasteiger partial charge in [0.25, 0.3) is 5.91 Å². The lowest BCUT2D eigenvalue weighted by Crippen LogP contribution is -2.25. The fraction of sp³-hybridized carbons (Fsp3) is 0.143. The molecule has 7 heteroatoms. The Balaban J connectivity index is 1.76. The second kappa shape index (κ2) is 5.42. The van der Waals surface area contributed by atoms with E-state index in [1.807, 2.05) is 24.3 Å². The summed E-state index contributed by atoms with van der Waals surface area (Å²) in [6.45, 7) is 0.368. The van der Waals surface area contributed by atoms with Crippen LogP contribution in [0.4, 0.5) is 0 Å². The van der Waals surface area contributed by atoms with Crippen molar-refractivity contribution in [2.45, 2.75) is 6.54 Å². The quantitative estimate of drug-likeness (QED) is 0.778. The van der Waals surface area contributed by atoms with Crippen LogP contribution in [0.5, 0.6) is 0 Å². The fourth-order valence-corrected chi connectivity index (χ4v) is 2.62. The Bertz CT molecular complexity index is 802. The SMILES string of the molecule is Cn1ncc(Cl)c1C(=O)NCc1cc2cc(Cl)ccc2[nH]1. The lowest BCUT2D eigenvalue weighted by atomic mass is 10.2. The number of hydrogen-bond donors (Lipinski definition) is 2. The van der Waals surface area contributed by atoms with Crippen molar-refractivity contribution in [2.24, 2.45) is 7.05 Å². The Hall–Kier alpha value is -1.98. The van der Waals surface area contributed by atoms with Crippen molar-refractivity contribution in [3.63, 3.8) is 0 Å². The zero-order valence-corrected chi connectivity index (χ0v) is 12.7. The number of carbonyl (C=O) groups excluding carboxylic acids is 1. The molecule has 108 valence electrons. The largest absolute Gasteiger partial charge is 0.357 e. The number of amides is 1. The molecule has 5 nitrogen and oxygen atoms in total. The monoisotopic (exact) mass is 322 g/mol. The molecule has 0 aliphatic carbocycles. The minimum atomic E-state index is -0.267. The van der Waals surface area contributed by atoms with E-state index in [0.29, 0.717) is 22.3 Å². The molecule has 0 aliphatic heterocycles. The molecule has 2 heterocycles. The summed E-state index contributed by atoms with van der Waals surface area (Å²) >= 11 is 11.9. The molecule has 0 bridgehead atoms. The highest BCUT2D eigenvalue weighted by Crippen LogP contribution is 2.20. The first-order valence-corrected chi connectivity index (χ1v) is 7.03. The molecular formula is C14H12Cl2N4O. The molecule has 0 spiro atoms. The Morgan fingerprint density at radius 2 is 2.19 bits per heavy atom. The minimum Gasteiger partial charge on any atom is -0.357 e. The van der Waals surface area contributed by atoms with Crippen LogP contribution in [0, 0.1) is 0 Å². The molecule has 2 aromatic heterocycles. The number of nitrogens with zero attached hydrogens (tertiary/aromatic N) is 2. The van der Waals surface area contributed by atoms with Gasteiger partial charge in [-0.2, -0.15) is 5.10 Å². The lowest BCUT2D eigenvalue weighted by Gasteiger charge is -2.04. The van der Waals surface area contributed by atoms with Gasteiger partial charge in [0.1, 0.15) is 5.69 Å². The Labute approximate surface area is 130 Å². The van der Waals surface area contributed by atoms with Gasteiger partial charge in [0.05, 0.1) is 17.8 Å². The summed E-state index contributed by atoms with van der Waals surface area (Å²) in [5, 5.41) is 8.76. The Kier molecular flexibility index (Phi) is 3.61.